The van der Waals surface area contributed by atoms with Crippen LogP contribution in [0.4, 0.5) is 0 Å². The molecule has 1 aromatic carbocycles. The largest absolute Gasteiger partial charge is 0.376 e. The second-order valence-electron chi connectivity index (χ2n) is 6.87. The Bertz CT molecular complexity index is 878. The summed E-state index contributed by atoms with van der Waals surface area (Å²) in [5.74, 6) is 0.374. The fourth-order valence-corrected chi connectivity index (χ4v) is 5.18. The van der Waals surface area contributed by atoms with Gasteiger partial charge < -0.3 is 10.5 Å². The molecule has 2 N–H and O–H groups in total. The highest BCUT2D eigenvalue weighted by Crippen LogP contribution is 2.24. The minimum absolute atomic E-state index is 0.0282. The number of rotatable bonds is 8. The second-order valence-corrected chi connectivity index (χ2v) is 9.67. The van der Waals surface area contributed by atoms with Gasteiger partial charge in [0.25, 0.3) is 0 Å². The number of ether oxygens (including phenoxy) is 1. The summed E-state index contributed by atoms with van der Waals surface area (Å²) < 4.78 is 34.4. The molecule has 0 saturated carbocycles. The van der Waals surface area contributed by atoms with Crippen LogP contribution in [-0.2, 0) is 26.9 Å². The number of hydrogen-bond acceptors (Lipinski definition) is 6. The average Bonchev–Trinajstić information content (AvgIpc) is 3.25. The molecular formula is C18H25BrN4O3S. The summed E-state index contributed by atoms with van der Waals surface area (Å²) in [4.78, 5) is 0. The Hall–Kier alpha value is -1.29. The first-order valence-corrected chi connectivity index (χ1v) is 11.6. The Morgan fingerprint density at radius 1 is 1.41 bits per heavy atom. The molecule has 1 fully saturated rings. The molecule has 27 heavy (non-hydrogen) atoms. The number of benzene rings is 1. The Morgan fingerprint density at radius 3 is 2.89 bits per heavy atom. The van der Waals surface area contributed by atoms with Gasteiger partial charge in [-0.3, -0.25) is 4.57 Å². The lowest BCUT2D eigenvalue weighted by Crippen LogP contribution is -2.24. The van der Waals surface area contributed by atoms with Crippen LogP contribution in [0.3, 0.4) is 0 Å². The molecule has 3 rings (SSSR count). The highest BCUT2D eigenvalue weighted by molar-refractivity contribution is 9.10. The highest BCUT2D eigenvalue weighted by Gasteiger charge is 2.29. The average molecular weight is 457 g/mol. The molecule has 1 aliphatic heterocycles. The van der Waals surface area contributed by atoms with Gasteiger partial charge in [0.15, 0.2) is 5.82 Å². The van der Waals surface area contributed by atoms with E-state index in [1.165, 1.54) is 0 Å². The molecule has 9 heteroatoms. The van der Waals surface area contributed by atoms with Gasteiger partial charge in [-0.1, -0.05) is 41.4 Å². The summed E-state index contributed by atoms with van der Waals surface area (Å²) in [5.41, 5.74) is 6.93. The molecule has 1 aromatic heterocycles. The highest BCUT2D eigenvalue weighted by atomic mass is 79.9. The zero-order valence-electron chi connectivity index (χ0n) is 15.3. The Kier molecular flexibility index (Phi) is 6.67. The van der Waals surface area contributed by atoms with Gasteiger partial charge in [-0.15, -0.1) is 10.2 Å². The second kappa shape index (κ2) is 8.81. The topological polar surface area (TPSA) is 100 Å². The van der Waals surface area contributed by atoms with Crippen LogP contribution in [0.1, 0.15) is 50.0 Å². The molecule has 2 unspecified atom stereocenters. The van der Waals surface area contributed by atoms with Crippen molar-refractivity contribution >= 4 is 25.8 Å². The molecule has 0 radical (unpaired) electrons. The monoisotopic (exact) mass is 456 g/mol. The maximum absolute atomic E-state index is 13.1. The van der Waals surface area contributed by atoms with E-state index in [0.29, 0.717) is 24.5 Å². The van der Waals surface area contributed by atoms with Crippen molar-refractivity contribution in [2.24, 2.45) is 5.73 Å². The van der Waals surface area contributed by atoms with Crippen LogP contribution in [0.15, 0.2) is 33.9 Å². The third-order valence-corrected chi connectivity index (χ3v) is 6.68. The lowest BCUT2D eigenvalue weighted by molar-refractivity contribution is 0.0936. The van der Waals surface area contributed by atoms with Crippen molar-refractivity contribution in [3.8, 4) is 0 Å². The van der Waals surface area contributed by atoms with Crippen LogP contribution in [0, 0.1) is 0 Å². The quantitative estimate of drug-likeness (QED) is 0.654. The van der Waals surface area contributed by atoms with Crippen LogP contribution in [-0.4, -0.2) is 35.9 Å². The van der Waals surface area contributed by atoms with Crippen LogP contribution < -0.4 is 5.73 Å². The van der Waals surface area contributed by atoms with Crippen LogP contribution in [0.25, 0.3) is 0 Å². The molecule has 0 spiro atoms. The van der Waals surface area contributed by atoms with Crippen molar-refractivity contribution in [1.82, 2.24) is 14.8 Å². The summed E-state index contributed by atoms with van der Waals surface area (Å²) in [6, 6.07) is 6.90. The number of sulfone groups is 1. The molecular weight excluding hydrogens is 432 g/mol. The number of halogens is 1. The van der Waals surface area contributed by atoms with Gasteiger partial charge in [-0.25, -0.2) is 8.42 Å². The summed E-state index contributed by atoms with van der Waals surface area (Å²) in [7, 11) is -3.67. The van der Waals surface area contributed by atoms with Crippen LogP contribution in [0.2, 0.25) is 0 Å². The van der Waals surface area contributed by atoms with Gasteiger partial charge in [0.1, 0.15) is 0 Å². The Morgan fingerprint density at radius 2 is 2.22 bits per heavy atom. The van der Waals surface area contributed by atoms with Gasteiger partial charge in [0, 0.05) is 11.1 Å². The number of aromatic nitrogens is 3. The van der Waals surface area contributed by atoms with Gasteiger partial charge in [0.2, 0.25) is 15.0 Å². The zero-order chi connectivity index (χ0) is 19.4. The predicted molar refractivity (Wildman–Crippen MR) is 106 cm³/mol. The number of nitrogens with zero attached hydrogens (tertiary/aromatic N) is 3. The van der Waals surface area contributed by atoms with E-state index in [1.54, 1.807) is 16.7 Å². The summed E-state index contributed by atoms with van der Waals surface area (Å²) in [6.07, 6.45) is 3.44. The smallest absolute Gasteiger partial charge is 0.250 e. The van der Waals surface area contributed by atoms with Crippen LogP contribution in [0.5, 0.6) is 0 Å². The Labute approximate surface area is 168 Å². The van der Waals surface area contributed by atoms with E-state index < -0.39 is 9.84 Å². The van der Waals surface area contributed by atoms with E-state index in [9.17, 15) is 8.42 Å². The van der Waals surface area contributed by atoms with Gasteiger partial charge in [0.05, 0.1) is 24.4 Å². The third kappa shape index (κ3) is 4.96. The molecule has 2 atom stereocenters. The first kappa shape index (κ1) is 20.4. The molecule has 2 aromatic rings. The molecule has 0 aliphatic carbocycles. The van der Waals surface area contributed by atoms with E-state index in [4.69, 9.17) is 10.5 Å². The maximum Gasteiger partial charge on any atom is 0.250 e. The molecule has 0 amide bonds. The van der Waals surface area contributed by atoms with E-state index in [0.717, 1.165) is 30.2 Å². The van der Waals surface area contributed by atoms with Crippen molar-refractivity contribution in [2.75, 3.05) is 6.61 Å². The number of nitrogens with two attached hydrogens (primary N) is 1. The summed E-state index contributed by atoms with van der Waals surface area (Å²) >= 11 is 3.38. The molecule has 1 saturated heterocycles. The summed E-state index contributed by atoms with van der Waals surface area (Å²) in [6.45, 7) is 3.14. The van der Waals surface area contributed by atoms with Crippen molar-refractivity contribution in [2.45, 2.75) is 62.2 Å². The van der Waals surface area contributed by atoms with Gasteiger partial charge >= 0.3 is 0 Å². The van der Waals surface area contributed by atoms with E-state index in [-0.39, 0.29) is 23.1 Å². The van der Waals surface area contributed by atoms with E-state index in [2.05, 4.69) is 26.1 Å². The minimum atomic E-state index is -3.67. The van der Waals surface area contributed by atoms with Crippen molar-refractivity contribution in [3.63, 3.8) is 0 Å². The van der Waals surface area contributed by atoms with Gasteiger partial charge in [-0.05, 0) is 37.0 Å². The molecule has 148 valence electrons. The lowest BCUT2D eigenvalue weighted by Gasteiger charge is -2.17. The van der Waals surface area contributed by atoms with Crippen molar-refractivity contribution in [3.05, 3.63) is 40.1 Å². The van der Waals surface area contributed by atoms with Crippen molar-refractivity contribution in [1.29, 1.82) is 0 Å². The van der Waals surface area contributed by atoms with Crippen molar-refractivity contribution < 1.29 is 13.2 Å². The van der Waals surface area contributed by atoms with Gasteiger partial charge in [-0.2, -0.15) is 0 Å². The number of hydrogen-bond donors (Lipinski definition) is 1. The standard InChI is InChI=1S/C18H25BrN4O3S/c1-2-5-16(20)17-21-22-18(23(17)11-15-8-4-9-26-15)27(24,25)12-13-6-3-7-14(19)10-13/h3,6-7,10,15-16H,2,4-5,8-9,11-12,20H2,1H3. The molecule has 0 bridgehead atoms. The Balaban J connectivity index is 1.94. The first-order valence-electron chi connectivity index (χ1n) is 9.18. The zero-order valence-corrected chi connectivity index (χ0v) is 17.7. The molecule has 2 heterocycles. The van der Waals surface area contributed by atoms with E-state index >= 15 is 0 Å². The molecule has 1 aliphatic rings. The van der Waals surface area contributed by atoms with Crippen LogP contribution >= 0.6 is 15.9 Å². The lowest BCUT2D eigenvalue weighted by atomic mass is 10.1. The normalized spacial score (nSPS) is 18.7. The minimum Gasteiger partial charge on any atom is -0.376 e. The first-order chi connectivity index (χ1) is 12.9. The predicted octanol–water partition coefficient (Wildman–Crippen LogP) is 2.99. The maximum atomic E-state index is 13.1. The summed E-state index contributed by atoms with van der Waals surface area (Å²) in [5, 5.41) is 8.15. The molecule has 7 nitrogen and oxygen atoms in total. The fraction of sp³-hybridized carbons (Fsp3) is 0.556. The SMILES string of the molecule is CCCC(N)c1nnc(S(=O)(=O)Cc2cccc(Br)c2)n1CC1CCCO1. The fourth-order valence-electron chi connectivity index (χ4n) is 3.32. The third-order valence-electron chi connectivity index (χ3n) is 4.61. The van der Waals surface area contributed by atoms with E-state index in [1.807, 2.05) is 19.1 Å².